The van der Waals surface area contributed by atoms with Crippen LogP contribution in [0.25, 0.3) is 11.3 Å². The SMILES string of the molecule is CS(=O)(=O)Nc1ccc(Nc2ncc3c(n2)-c2ccc(CI)cc2C(c2ccccc2F)=NC3)cc1. The third-order valence-corrected chi connectivity index (χ3v) is 7.08. The van der Waals surface area contributed by atoms with Crippen LogP contribution in [-0.4, -0.2) is 30.4 Å². The van der Waals surface area contributed by atoms with Crippen molar-refractivity contribution in [3.63, 3.8) is 0 Å². The standard InChI is InChI=1S/C26H21FIN5O2S/c1-36(34,35)33-19-9-7-18(8-10-19)31-26-30-15-17-14-29-25(21-4-2-3-5-23(21)27)22-12-16(13-28)6-11-20(22)24(17)32-26/h2-12,15,33H,13-14H2,1H3,(H,30,31,32). The van der Waals surface area contributed by atoms with Gasteiger partial charge in [0.2, 0.25) is 16.0 Å². The number of benzene rings is 3. The maximum absolute atomic E-state index is 14.8. The third kappa shape index (κ3) is 5.24. The van der Waals surface area contributed by atoms with Crippen LogP contribution in [0.4, 0.5) is 21.7 Å². The van der Waals surface area contributed by atoms with Crippen LogP contribution in [0.15, 0.2) is 77.9 Å². The maximum atomic E-state index is 14.8. The molecule has 0 saturated heterocycles. The number of hydrogen-bond acceptors (Lipinski definition) is 6. The summed E-state index contributed by atoms with van der Waals surface area (Å²) in [6.45, 7) is 0.319. The Kier molecular flexibility index (Phi) is 6.71. The Labute approximate surface area is 222 Å². The van der Waals surface area contributed by atoms with Crippen LogP contribution in [0.3, 0.4) is 0 Å². The molecule has 0 saturated carbocycles. The van der Waals surface area contributed by atoms with Gasteiger partial charge < -0.3 is 5.32 Å². The van der Waals surface area contributed by atoms with Gasteiger partial charge in [-0.05, 0) is 48.0 Å². The minimum Gasteiger partial charge on any atom is -0.324 e. The predicted octanol–water partition coefficient (Wildman–Crippen LogP) is 5.68. The largest absolute Gasteiger partial charge is 0.324 e. The number of alkyl halides is 1. The molecule has 0 aliphatic carbocycles. The van der Waals surface area contributed by atoms with E-state index in [1.54, 1.807) is 48.7 Å². The van der Waals surface area contributed by atoms with Gasteiger partial charge in [-0.2, -0.15) is 0 Å². The Morgan fingerprint density at radius 1 is 0.972 bits per heavy atom. The maximum Gasteiger partial charge on any atom is 0.229 e. The Morgan fingerprint density at radius 2 is 1.72 bits per heavy atom. The first-order valence-corrected chi connectivity index (χ1v) is 14.4. The zero-order valence-corrected chi connectivity index (χ0v) is 22.1. The summed E-state index contributed by atoms with van der Waals surface area (Å²) < 4.78 is 40.9. The quantitative estimate of drug-likeness (QED) is 0.216. The number of anilines is 3. The highest BCUT2D eigenvalue weighted by molar-refractivity contribution is 14.1. The van der Waals surface area contributed by atoms with E-state index in [1.165, 1.54) is 6.07 Å². The molecule has 5 rings (SSSR count). The molecular formula is C26H21FIN5O2S. The summed E-state index contributed by atoms with van der Waals surface area (Å²) in [6.07, 6.45) is 2.83. The van der Waals surface area contributed by atoms with Crippen molar-refractivity contribution in [3.8, 4) is 11.3 Å². The first-order chi connectivity index (χ1) is 17.3. The van der Waals surface area contributed by atoms with Gasteiger partial charge in [0.15, 0.2) is 0 Å². The molecular weight excluding hydrogens is 592 g/mol. The molecule has 36 heavy (non-hydrogen) atoms. The van der Waals surface area contributed by atoms with E-state index in [1.807, 2.05) is 18.2 Å². The molecule has 7 nitrogen and oxygen atoms in total. The molecule has 0 atom stereocenters. The van der Waals surface area contributed by atoms with Crippen LogP contribution < -0.4 is 10.0 Å². The van der Waals surface area contributed by atoms with Gasteiger partial charge in [0.25, 0.3) is 0 Å². The number of aliphatic imine (C=N–C) groups is 1. The first kappa shape index (κ1) is 24.3. The number of nitrogens with zero attached hydrogens (tertiary/aromatic N) is 3. The molecule has 1 aliphatic heterocycles. The topological polar surface area (TPSA) is 96.3 Å². The van der Waals surface area contributed by atoms with Crippen molar-refractivity contribution < 1.29 is 12.8 Å². The van der Waals surface area contributed by atoms with Crippen LogP contribution in [0.1, 0.15) is 22.3 Å². The molecule has 0 amide bonds. The number of sulfonamides is 1. The molecule has 0 spiro atoms. The van der Waals surface area contributed by atoms with E-state index < -0.39 is 10.0 Å². The Balaban J connectivity index is 1.53. The summed E-state index contributed by atoms with van der Waals surface area (Å²) in [5.74, 6) is 0.0612. The number of hydrogen-bond donors (Lipinski definition) is 2. The van der Waals surface area contributed by atoms with E-state index in [0.717, 1.165) is 38.6 Å². The van der Waals surface area contributed by atoms with E-state index in [9.17, 15) is 12.8 Å². The molecule has 0 unspecified atom stereocenters. The highest BCUT2D eigenvalue weighted by Crippen LogP contribution is 2.33. The smallest absolute Gasteiger partial charge is 0.229 e. The molecule has 10 heteroatoms. The highest BCUT2D eigenvalue weighted by atomic mass is 127. The zero-order valence-electron chi connectivity index (χ0n) is 19.2. The lowest BCUT2D eigenvalue weighted by molar-refractivity contribution is 0.607. The van der Waals surface area contributed by atoms with Crippen LogP contribution in [0, 0.1) is 5.82 Å². The number of halogens is 2. The third-order valence-electron chi connectivity index (χ3n) is 5.59. The number of aromatic nitrogens is 2. The van der Waals surface area contributed by atoms with E-state index >= 15 is 0 Å². The number of fused-ring (bicyclic) bond motifs is 3. The second kappa shape index (κ2) is 9.94. The number of nitrogens with one attached hydrogen (secondary N) is 2. The van der Waals surface area contributed by atoms with Gasteiger partial charge >= 0.3 is 0 Å². The zero-order chi connectivity index (χ0) is 25.3. The van der Waals surface area contributed by atoms with Crippen LogP contribution in [0.2, 0.25) is 0 Å². The highest BCUT2D eigenvalue weighted by Gasteiger charge is 2.23. The van der Waals surface area contributed by atoms with Crippen molar-refractivity contribution in [2.24, 2.45) is 4.99 Å². The van der Waals surface area contributed by atoms with Crippen LogP contribution in [0.5, 0.6) is 0 Å². The summed E-state index contributed by atoms with van der Waals surface area (Å²) in [5.41, 5.74) is 6.57. The molecule has 182 valence electrons. The van der Waals surface area contributed by atoms with Gasteiger partial charge in [0.1, 0.15) is 5.82 Å². The van der Waals surface area contributed by atoms with E-state index in [2.05, 4.69) is 37.6 Å². The monoisotopic (exact) mass is 613 g/mol. The summed E-state index contributed by atoms with van der Waals surface area (Å²) in [7, 11) is -3.35. The van der Waals surface area contributed by atoms with E-state index in [0.29, 0.717) is 35.1 Å². The molecule has 2 N–H and O–H groups in total. The van der Waals surface area contributed by atoms with Crippen molar-refractivity contribution in [2.75, 3.05) is 16.3 Å². The van der Waals surface area contributed by atoms with Gasteiger partial charge in [0, 0.05) is 44.3 Å². The molecule has 4 aromatic rings. The molecule has 0 bridgehead atoms. The van der Waals surface area contributed by atoms with Gasteiger partial charge in [0.05, 0.1) is 24.2 Å². The lowest BCUT2D eigenvalue weighted by atomic mass is 9.93. The summed E-state index contributed by atoms with van der Waals surface area (Å²) >= 11 is 2.31. The molecule has 0 radical (unpaired) electrons. The van der Waals surface area contributed by atoms with Crippen LogP contribution >= 0.6 is 22.6 Å². The second-order valence-electron chi connectivity index (χ2n) is 8.30. The van der Waals surface area contributed by atoms with Crippen molar-refractivity contribution in [1.82, 2.24) is 9.97 Å². The molecule has 0 fully saturated rings. The van der Waals surface area contributed by atoms with Gasteiger partial charge in [-0.1, -0.05) is 46.9 Å². The minimum absolute atomic E-state index is 0.319. The van der Waals surface area contributed by atoms with Crippen molar-refractivity contribution in [1.29, 1.82) is 0 Å². The summed E-state index contributed by atoms with van der Waals surface area (Å²) in [5, 5.41) is 3.17. The summed E-state index contributed by atoms with van der Waals surface area (Å²) in [6, 6.07) is 19.5. The average Bonchev–Trinajstić information content (AvgIpc) is 3.01. The van der Waals surface area contributed by atoms with E-state index in [4.69, 9.17) is 9.98 Å². The second-order valence-corrected chi connectivity index (χ2v) is 10.8. The first-order valence-electron chi connectivity index (χ1n) is 11.0. The minimum atomic E-state index is -3.35. The summed E-state index contributed by atoms with van der Waals surface area (Å²) in [4.78, 5) is 14.0. The Bertz CT molecular complexity index is 1590. The molecule has 2 heterocycles. The van der Waals surface area contributed by atoms with Crippen molar-refractivity contribution in [2.45, 2.75) is 11.0 Å². The lowest BCUT2D eigenvalue weighted by Gasteiger charge is -2.14. The normalized spacial score (nSPS) is 12.7. The fourth-order valence-corrected chi connectivity index (χ4v) is 5.03. The van der Waals surface area contributed by atoms with Crippen LogP contribution in [-0.2, 0) is 21.0 Å². The Hall–Kier alpha value is -3.38. The Morgan fingerprint density at radius 3 is 2.44 bits per heavy atom. The molecule has 1 aliphatic rings. The van der Waals surface area contributed by atoms with Gasteiger partial charge in [-0.3, -0.25) is 9.71 Å². The van der Waals surface area contributed by atoms with Crippen molar-refractivity contribution >= 4 is 55.6 Å². The van der Waals surface area contributed by atoms with E-state index in [-0.39, 0.29) is 5.82 Å². The van der Waals surface area contributed by atoms with Gasteiger partial charge in [-0.25, -0.2) is 22.8 Å². The lowest BCUT2D eigenvalue weighted by Crippen LogP contribution is -2.09. The number of rotatable bonds is 6. The van der Waals surface area contributed by atoms with Gasteiger partial charge in [-0.15, -0.1) is 0 Å². The predicted molar refractivity (Wildman–Crippen MR) is 149 cm³/mol. The molecule has 1 aromatic heterocycles. The van der Waals surface area contributed by atoms with Crippen molar-refractivity contribution in [3.05, 3.63) is 101 Å². The molecule has 3 aromatic carbocycles. The fraction of sp³-hybridized carbons (Fsp3) is 0.115. The fourth-order valence-electron chi connectivity index (χ4n) is 3.99. The average molecular weight is 613 g/mol.